The minimum Gasteiger partial charge on any atom is -0.369 e. The smallest absolute Gasteiger partial charge is 0.248 e. The van der Waals surface area contributed by atoms with Gasteiger partial charge < -0.3 is 10.3 Å². The van der Waals surface area contributed by atoms with Crippen LogP contribution in [0.3, 0.4) is 0 Å². The van der Waals surface area contributed by atoms with E-state index in [4.69, 9.17) is 10.7 Å². The second-order valence-corrected chi connectivity index (χ2v) is 11.6. The van der Waals surface area contributed by atoms with Crippen molar-refractivity contribution in [3.63, 3.8) is 0 Å². The van der Waals surface area contributed by atoms with Crippen molar-refractivity contribution in [2.24, 2.45) is 17.6 Å². The quantitative estimate of drug-likeness (QED) is 0.585. The van der Waals surface area contributed by atoms with Crippen molar-refractivity contribution < 1.29 is 18.4 Å². The number of alkyl halides is 2. The lowest BCUT2D eigenvalue weighted by Gasteiger charge is -2.34. The Bertz CT molecular complexity index is 1090. The van der Waals surface area contributed by atoms with Crippen molar-refractivity contribution in [3.8, 4) is 0 Å². The van der Waals surface area contributed by atoms with Crippen LogP contribution >= 0.6 is 0 Å². The average Bonchev–Trinajstić information content (AvgIpc) is 3.17. The Kier molecular flexibility index (Phi) is 7.06. The lowest BCUT2D eigenvalue weighted by Crippen LogP contribution is -2.46. The molecule has 0 radical (unpaired) electrons. The number of fused-ring (bicyclic) bond motifs is 1. The first-order valence-electron chi connectivity index (χ1n) is 12.8. The number of likely N-dealkylation sites (tertiary alicyclic amines) is 1. The molecule has 0 spiro atoms. The number of piperidine rings is 1. The number of nitrogens with two attached hydrogens (primary N) is 1. The monoisotopic (exact) mass is 488 g/mol. The van der Waals surface area contributed by atoms with Crippen LogP contribution < -0.4 is 5.73 Å². The molecular formula is C27H38F2N4O2. The molecule has 1 aliphatic heterocycles. The van der Waals surface area contributed by atoms with E-state index >= 15 is 0 Å². The van der Waals surface area contributed by atoms with Gasteiger partial charge in [0, 0.05) is 36.3 Å². The van der Waals surface area contributed by atoms with Gasteiger partial charge >= 0.3 is 0 Å². The zero-order valence-electron chi connectivity index (χ0n) is 21.3. The third-order valence-electron chi connectivity index (χ3n) is 7.84. The van der Waals surface area contributed by atoms with E-state index in [-0.39, 0.29) is 47.8 Å². The fraction of sp³-hybridized carbons (Fsp3) is 0.667. The van der Waals surface area contributed by atoms with E-state index in [1.54, 1.807) is 0 Å². The number of hydrogen-bond acceptors (Lipinski definition) is 4. The van der Waals surface area contributed by atoms with Gasteiger partial charge in [0.25, 0.3) is 0 Å². The second kappa shape index (κ2) is 9.60. The van der Waals surface area contributed by atoms with Gasteiger partial charge in [-0.2, -0.15) is 0 Å². The van der Waals surface area contributed by atoms with Gasteiger partial charge in [-0.3, -0.25) is 14.5 Å². The summed E-state index contributed by atoms with van der Waals surface area (Å²) >= 11 is 0. The Hall–Kier alpha value is -2.35. The molecule has 2 fully saturated rings. The number of amides is 1. The highest BCUT2D eigenvalue weighted by Crippen LogP contribution is 2.38. The zero-order valence-corrected chi connectivity index (χ0v) is 21.3. The largest absolute Gasteiger partial charge is 0.369 e. The number of aromatic nitrogens is 2. The van der Waals surface area contributed by atoms with E-state index in [1.807, 2.05) is 25.1 Å². The molecule has 0 bridgehead atoms. The highest BCUT2D eigenvalue weighted by atomic mass is 19.3. The maximum absolute atomic E-state index is 13.7. The summed E-state index contributed by atoms with van der Waals surface area (Å²) in [6.07, 6.45) is 2.27. The number of nitrogens with zero attached hydrogens (tertiary/aromatic N) is 3. The topological polar surface area (TPSA) is 81.2 Å². The van der Waals surface area contributed by atoms with E-state index in [1.165, 1.54) is 0 Å². The van der Waals surface area contributed by atoms with Gasteiger partial charge in [-0.05, 0) is 69.8 Å². The van der Waals surface area contributed by atoms with E-state index in [0.717, 1.165) is 16.9 Å². The highest BCUT2D eigenvalue weighted by molar-refractivity contribution is 6.02. The molecule has 1 unspecified atom stereocenters. The normalized spacial score (nSPS) is 21.3. The van der Waals surface area contributed by atoms with Crippen LogP contribution in [-0.4, -0.2) is 51.2 Å². The van der Waals surface area contributed by atoms with Gasteiger partial charge in [0.1, 0.15) is 5.82 Å². The summed E-state index contributed by atoms with van der Waals surface area (Å²) in [7, 11) is 0. The number of ketones is 1. The van der Waals surface area contributed by atoms with Crippen LogP contribution in [0.25, 0.3) is 11.0 Å². The van der Waals surface area contributed by atoms with Crippen LogP contribution in [0, 0.1) is 11.8 Å². The van der Waals surface area contributed by atoms with Crippen LogP contribution in [0.1, 0.15) is 82.4 Å². The first kappa shape index (κ1) is 25.7. The number of carbonyl (C=O) groups excluding carboxylic acids is 2. The van der Waals surface area contributed by atoms with E-state index in [9.17, 15) is 18.4 Å². The molecule has 35 heavy (non-hydrogen) atoms. The Morgan fingerprint density at radius 1 is 1.14 bits per heavy atom. The Labute approximate surface area is 206 Å². The summed E-state index contributed by atoms with van der Waals surface area (Å²) < 4.78 is 29.5. The fourth-order valence-corrected chi connectivity index (χ4v) is 5.56. The SMILES string of the molecule is CC(C(=O)c1ccc2c(c1)nc(C(C)(C)C)n2CC1CCC(F)(F)CC1)N1CCC(C(N)=O)CC1. The lowest BCUT2D eigenvalue weighted by atomic mass is 9.86. The summed E-state index contributed by atoms with van der Waals surface area (Å²) in [6, 6.07) is 5.38. The van der Waals surface area contributed by atoms with Crippen LogP contribution in [0.15, 0.2) is 18.2 Å². The minimum absolute atomic E-state index is 0.0331. The van der Waals surface area contributed by atoms with Crippen LogP contribution in [0.4, 0.5) is 8.78 Å². The molecule has 8 heteroatoms. The predicted molar refractivity (Wildman–Crippen MR) is 133 cm³/mol. The molecule has 1 saturated carbocycles. The minimum atomic E-state index is -2.54. The molecular weight excluding hydrogens is 450 g/mol. The van der Waals surface area contributed by atoms with Gasteiger partial charge in [0.2, 0.25) is 11.8 Å². The van der Waals surface area contributed by atoms with Gasteiger partial charge in [0.15, 0.2) is 5.78 Å². The number of benzene rings is 1. The van der Waals surface area contributed by atoms with Gasteiger partial charge in [-0.1, -0.05) is 20.8 Å². The fourth-order valence-electron chi connectivity index (χ4n) is 5.56. The van der Waals surface area contributed by atoms with Gasteiger partial charge in [0.05, 0.1) is 17.1 Å². The number of halogens is 2. The summed E-state index contributed by atoms with van der Waals surface area (Å²) in [5, 5.41) is 0. The molecule has 1 aliphatic carbocycles. The first-order chi connectivity index (χ1) is 16.4. The molecule has 1 aromatic heterocycles. The molecule has 1 saturated heterocycles. The molecule has 2 aliphatic rings. The number of hydrogen-bond donors (Lipinski definition) is 1. The molecule has 1 atom stereocenters. The van der Waals surface area contributed by atoms with Crippen molar-refractivity contribution >= 4 is 22.7 Å². The lowest BCUT2D eigenvalue weighted by molar-refractivity contribution is -0.123. The van der Waals surface area contributed by atoms with E-state index in [2.05, 4.69) is 30.2 Å². The number of carbonyl (C=O) groups is 2. The molecule has 2 heterocycles. The number of Topliss-reactive ketones (excluding diaryl/α,β-unsaturated/α-hetero) is 1. The van der Waals surface area contributed by atoms with E-state index < -0.39 is 5.92 Å². The predicted octanol–water partition coefficient (Wildman–Crippen LogP) is 4.93. The Morgan fingerprint density at radius 3 is 2.34 bits per heavy atom. The maximum Gasteiger partial charge on any atom is 0.248 e. The summed E-state index contributed by atoms with van der Waals surface area (Å²) in [5.74, 6) is -1.78. The average molecular weight is 489 g/mol. The van der Waals surface area contributed by atoms with Gasteiger partial charge in [-0.15, -0.1) is 0 Å². The molecule has 1 amide bonds. The van der Waals surface area contributed by atoms with Crippen LogP contribution in [-0.2, 0) is 16.8 Å². The molecule has 2 N–H and O–H groups in total. The van der Waals surface area contributed by atoms with Crippen molar-refractivity contribution in [1.82, 2.24) is 14.5 Å². The van der Waals surface area contributed by atoms with Crippen molar-refractivity contribution in [1.29, 1.82) is 0 Å². The summed E-state index contributed by atoms with van der Waals surface area (Å²) in [5.41, 5.74) is 7.54. The number of rotatable bonds is 6. The third kappa shape index (κ3) is 5.57. The second-order valence-electron chi connectivity index (χ2n) is 11.6. The number of imidazole rings is 1. The summed E-state index contributed by atoms with van der Waals surface area (Å²) in [6.45, 7) is 10.2. The van der Waals surface area contributed by atoms with Crippen molar-refractivity contribution in [2.45, 2.75) is 90.1 Å². The molecule has 6 nitrogen and oxygen atoms in total. The van der Waals surface area contributed by atoms with Crippen molar-refractivity contribution in [3.05, 3.63) is 29.6 Å². The molecule has 2 aromatic rings. The zero-order chi connectivity index (χ0) is 25.5. The maximum atomic E-state index is 13.7. The highest BCUT2D eigenvalue weighted by Gasteiger charge is 2.36. The molecule has 192 valence electrons. The summed E-state index contributed by atoms with van der Waals surface area (Å²) in [4.78, 5) is 31.8. The van der Waals surface area contributed by atoms with Crippen molar-refractivity contribution in [2.75, 3.05) is 13.1 Å². The van der Waals surface area contributed by atoms with E-state index in [0.29, 0.717) is 50.9 Å². The Balaban J connectivity index is 1.56. The molecule has 1 aromatic carbocycles. The standard InChI is InChI=1S/C27H38F2N4O2/c1-17(32-13-9-19(10-14-32)24(30)35)23(34)20-5-6-22-21(15-20)31-25(26(2,3)4)33(22)16-18-7-11-27(28,29)12-8-18/h5-6,15,17-19H,7-14,16H2,1-4H3,(H2,30,35). The van der Waals surface area contributed by atoms with Crippen LogP contribution in [0.5, 0.6) is 0 Å². The Morgan fingerprint density at radius 2 is 1.77 bits per heavy atom. The third-order valence-corrected chi connectivity index (χ3v) is 7.84. The number of primary amides is 1. The van der Waals surface area contributed by atoms with Crippen LogP contribution in [0.2, 0.25) is 0 Å². The first-order valence-corrected chi connectivity index (χ1v) is 12.8. The molecule has 4 rings (SSSR count). The van der Waals surface area contributed by atoms with Gasteiger partial charge in [-0.25, -0.2) is 13.8 Å².